The van der Waals surface area contributed by atoms with Crippen molar-refractivity contribution in [1.82, 2.24) is 9.80 Å². The highest BCUT2D eigenvalue weighted by molar-refractivity contribution is 6.36. The lowest BCUT2D eigenvalue weighted by Gasteiger charge is -2.28. The zero-order chi connectivity index (χ0) is 20.2. The molecule has 0 spiro atoms. The number of rotatable bonds is 6. The van der Waals surface area contributed by atoms with Crippen molar-refractivity contribution in [3.8, 4) is 0 Å². The highest BCUT2D eigenvalue weighted by atomic mass is 16.5. The van der Waals surface area contributed by atoms with Crippen molar-refractivity contribution < 1.29 is 14.3 Å². The molecular formula is C23H25N3O3. The van der Waals surface area contributed by atoms with Crippen molar-refractivity contribution >= 4 is 23.1 Å². The molecule has 2 aromatic carbocycles. The molecule has 2 aliphatic heterocycles. The van der Waals surface area contributed by atoms with Crippen LogP contribution < -0.4 is 5.32 Å². The Kier molecular flexibility index (Phi) is 5.74. The summed E-state index contributed by atoms with van der Waals surface area (Å²) in [5.74, 6) is -0.522. The summed E-state index contributed by atoms with van der Waals surface area (Å²) in [4.78, 5) is 30.0. The first kappa shape index (κ1) is 19.4. The Morgan fingerprint density at radius 1 is 0.897 bits per heavy atom. The minimum absolute atomic E-state index is 0.246. The molecule has 2 heterocycles. The van der Waals surface area contributed by atoms with Crippen LogP contribution in [-0.2, 0) is 14.3 Å². The largest absolute Gasteiger partial charge is 0.379 e. The van der Waals surface area contributed by atoms with Crippen LogP contribution in [-0.4, -0.2) is 61.0 Å². The Balaban J connectivity index is 1.60. The minimum atomic E-state index is -0.275. The van der Waals surface area contributed by atoms with E-state index in [4.69, 9.17) is 4.74 Å². The van der Waals surface area contributed by atoms with Crippen LogP contribution in [0.1, 0.15) is 11.1 Å². The van der Waals surface area contributed by atoms with E-state index in [0.29, 0.717) is 37.6 Å². The van der Waals surface area contributed by atoms with E-state index in [1.165, 1.54) is 4.90 Å². The normalized spacial score (nSPS) is 17.9. The fraction of sp³-hybridized carbons (Fsp3) is 0.304. The van der Waals surface area contributed by atoms with Gasteiger partial charge in [-0.05, 0) is 24.6 Å². The maximum absolute atomic E-state index is 13.2. The lowest BCUT2D eigenvalue weighted by atomic mass is 10.0. The second kappa shape index (κ2) is 8.59. The molecule has 1 saturated heterocycles. The molecule has 4 rings (SSSR count). The van der Waals surface area contributed by atoms with Crippen LogP contribution in [0.25, 0.3) is 5.57 Å². The third-order valence-corrected chi connectivity index (χ3v) is 5.29. The highest BCUT2D eigenvalue weighted by Gasteiger charge is 2.39. The predicted octanol–water partition coefficient (Wildman–Crippen LogP) is 2.52. The fourth-order valence-corrected chi connectivity index (χ4v) is 3.62. The average Bonchev–Trinajstić information content (AvgIpc) is 2.99. The quantitative estimate of drug-likeness (QED) is 0.767. The summed E-state index contributed by atoms with van der Waals surface area (Å²) in [6, 6.07) is 17.2. The van der Waals surface area contributed by atoms with Crippen molar-refractivity contribution in [1.29, 1.82) is 0 Å². The van der Waals surface area contributed by atoms with Crippen LogP contribution in [0.5, 0.6) is 0 Å². The second-order valence-electron chi connectivity index (χ2n) is 7.32. The van der Waals surface area contributed by atoms with E-state index < -0.39 is 0 Å². The van der Waals surface area contributed by atoms with Crippen molar-refractivity contribution in [3.05, 3.63) is 71.4 Å². The molecule has 1 fully saturated rings. The Morgan fingerprint density at radius 2 is 1.59 bits per heavy atom. The Hall–Kier alpha value is -2.96. The number of amides is 2. The SMILES string of the molecule is Cc1ccc(NC2=C(c3ccccc3)C(=O)N(CCN3CCOCC3)C2=O)cc1. The molecule has 2 amide bonds. The van der Waals surface area contributed by atoms with E-state index in [0.717, 1.165) is 29.9 Å². The molecular weight excluding hydrogens is 366 g/mol. The van der Waals surface area contributed by atoms with E-state index in [1.807, 2.05) is 61.5 Å². The van der Waals surface area contributed by atoms with Gasteiger partial charge in [-0.3, -0.25) is 19.4 Å². The van der Waals surface area contributed by atoms with Gasteiger partial charge in [0.2, 0.25) is 0 Å². The fourth-order valence-electron chi connectivity index (χ4n) is 3.62. The summed E-state index contributed by atoms with van der Waals surface area (Å²) < 4.78 is 5.37. The molecule has 6 heteroatoms. The van der Waals surface area contributed by atoms with Crippen LogP contribution in [0, 0.1) is 6.92 Å². The molecule has 2 aromatic rings. The molecule has 0 aliphatic carbocycles. The van der Waals surface area contributed by atoms with Crippen molar-refractivity contribution in [3.63, 3.8) is 0 Å². The number of imide groups is 1. The first-order chi connectivity index (χ1) is 14.1. The molecule has 0 bridgehead atoms. The summed E-state index contributed by atoms with van der Waals surface area (Å²) in [7, 11) is 0. The van der Waals surface area contributed by atoms with Crippen LogP contribution >= 0.6 is 0 Å². The van der Waals surface area contributed by atoms with Crippen molar-refractivity contribution in [2.75, 3.05) is 44.7 Å². The Labute approximate surface area is 170 Å². The zero-order valence-electron chi connectivity index (χ0n) is 16.6. The molecule has 0 atom stereocenters. The number of nitrogens with zero attached hydrogens (tertiary/aromatic N) is 2. The topological polar surface area (TPSA) is 61.9 Å². The van der Waals surface area contributed by atoms with Crippen molar-refractivity contribution in [2.45, 2.75) is 6.92 Å². The Morgan fingerprint density at radius 3 is 2.28 bits per heavy atom. The van der Waals surface area contributed by atoms with Gasteiger partial charge in [0.05, 0.1) is 18.8 Å². The maximum Gasteiger partial charge on any atom is 0.278 e. The summed E-state index contributed by atoms with van der Waals surface area (Å²) >= 11 is 0. The van der Waals surface area contributed by atoms with Crippen LogP contribution in [0.3, 0.4) is 0 Å². The van der Waals surface area contributed by atoms with Gasteiger partial charge in [-0.25, -0.2) is 0 Å². The van der Waals surface area contributed by atoms with Gasteiger partial charge in [-0.2, -0.15) is 0 Å². The highest BCUT2D eigenvalue weighted by Crippen LogP contribution is 2.30. The number of hydrogen-bond donors (Lipinski definition) is 1. The lowest BCUT2D eigenvalue weighted by molar-refractivity contribution is -0.137. The van der Waals surface area contributed by atoms with E-state index >= 15 is 0 Å². The molecule has 2 aliphatic rings. The zero-order valence-corrected chi connectivity index (χ0v) is 16.6. The molecule has 0 unspecified atom stereocenters. The molecule has 0 saturated carbocycles. The number of anilines is 1. The number of ether oxygens (including phenoxy) is 1. The summed E-state index contributed by atoms with van der Waals surface area (Å²) in [5.41, 5.74) is 3.43. The smallest absolute Gasteiger partial charge is 0.278 e. The Bertz CT molecular complexity index is 916. The van der Waals surface area contributed by atoms with E-state index in [-0.39, 0.29) is 11.8 Å². The number of carbonyl (C=O) groups is 2. The summed E-state index contributed by atoms with van der Waals surface area (Å²) in [6.45, 7) is 6.06. The lowest BCUT2D eigenvalue weighted by Crippen LogP contribution is -2.43. The van der Waals surface area contributed by atoms with Crippen molar-refractivity contribution in [2.24, 2.45) is 0 Å². The first-order valence-corrected chi connectivity index (χ1v) is 9.93. The third-order valence-electron chi connectivity index (χ3n) is 5.29. The van der Waals surface area contributed by atoms with Gasteiger partial charge in [-0.15, -0.1) is 0 Å². The van der Waals surface area contributed by atoms with Crippen LogP contribution in [0.4, 0.5) is 5.69 Å². The number of nitrogens with one attached hydrogen (secondary N) is 1. The van der Waals surface area contributed by atoms with E-state index in [2.05, 4.69) is 10.2 Å². The molecule has 0 aromatic heterocycles. The number of carbonyl (C=O) groups excluding carboxylic acids is 2. The van der Waals surface area contributed by atoms with Gasteiger partial charge in [0.25, 0.3) is 11.8 Å². The molecule has 29 heavy (non-hydrogen) atoms. The first-order valence-electron chi connectivity index (χ1n) is 9.93. The number of benzene rings is 2. The second-order valence-corrected chi connectivity index (χ2v) is 7.32. The standard InChI is InChI=1S/C23H25N3O3/c1-17-7-9-19(10-8-17)24-21-20(18-5-3-2-4-6-18)22(27)26(23(21)28)12-11-25-13-15-29-16-14-25/h2-10,24H,11-16H2,1H3. The third kappa shape index (κ3) is 4.23. The number of morpholine rings is 1. The predicted molar refractivity (Wildman–Crippen MR) is 112 cm³/mol. The van der Waals surface area contributed by atoms with Gasteiger partial charge in [0, 0.05) is 31.9 Å². The van der Waals surface area contributed by atoms with Gasteiger partial charge in [0.1, 0.15) is 5.70 Å². The maximum atomic E-state index is 13.2. The van der Waals surface area contributed by atoms with E-state index in [1.54, 1.807) is 0 Å². The monoisotopic (exact) mass is 391 g/mol. The number of aryl methyl sites for hydroxylation is 1. The van der Waals surface area contributed by atoms with E-state index in [9.17, 15) is 9.59 Å². The van der Waals surface area contributed by atoms with Gasteiger partial charge >= 0.3 is 0 Å². The van der Waals surface area contributed by atoms with Gasteiger partial charge in [-0.1, -0.05) is 48.0 Å². The molecule has 150 valence electrons. The van der Waals surface area contributed by atoms with Crippen LogP contribution in [0.15, 0.2) is 60.3 Å². The average molecular weight is 391 g/mol. The molecule has 6 nitrogen and oxygen atoms in total. The van der Waals surface area contributed by atoms with Gasteiger partial charge < -0.3 is 10.1 Å². The van der Waals surface area contributed by atoms with Crippen LogP contribution in [0.2, 0.25) is 0 Å². The molecule has 0 radical (unpaired) electrons. The summed E-state index contributed by atoms with van der Waals surface area (Å²) in [6.07, 6.45) is 0. The minimum Gasteiger partial charge on any atom is -0.379 e. The molecule has 1 N–H and O–H groups in total. The number of hydrogen-bond acceptors (Lipinski definition) is 5. The summed E-state index contributed by atoms with van der Waals surface area (Å²) in [5, 5.41) is 3.20. The van der Waals surface area contributed by atoms with Gasteiger partial charge in [0.15, 0.2) is 0 Å².